The molecule has 0 aliphatic rings. The summed E-state index contributed by atoms with van der Waals surface area (Å²) in [5, 5.41) is 6.73. The maximum Gasteiger partial charge on any atom is 0.191 e. The fourth-order valence-corrected chi connectivity index (χ4v) is 2.70. The van der Waals surface area contributed by atoms with E-state index in [-0.39, 0.29) is 0 Å². The highest BCUT2D eigenvalue weighted by Gasteiger charge is 2.05. The van der Waals surface area contributed by atoms with Gasteiger partial charge in [0.25, 0.3) is 0 Å². The Hall–Kier alpha value is -3.08. The van der Waals surface area contributed by atoms with Crippen molar-refractivity contribution in [3.63, 3.8) is 0 Å². The van der Waals surface area contributed by atoms with E-state index in [0.717, 1.165) is 18.2 Å². The maximum atomic E-state index is 4.70. The van der Waals surface area contributed by atoms with Gasteiger partial charge in [-0.1, -0.05) is 48.0 Å². The van der Waals surface area contributed by atoms with E-state index in [0.29, 0.717) is 13.1 Å². The second-order valence-electron chi connectivity index (χ2n) is 6.13. The summed E-state index contributed by atoms with van der Waals surface area (Å²) < 4.78 is 2.02. The number of aliphatic imine (C=N–C) groups is 1. The smallest absolute Gasteiger partial charge is 0.191 e. The average molecular weight is 347 g/mol. The Labute approximate surface area is 154 Å². The van der Waals surface area contributed by atoms with Gasteiger partial charge in [-0.05, 0) is 31.0 Å². The van der Waals surface area contributed by atoms with Gasteiger partial charge in [-0.15, -0.1) is 0 Å². The van der Waals surface area contributed by atoms with Crippen LogP contribution in [-0.2, 0) is 13.1 Å². The molecule has 0 radical (unpaired) electrons. The van der Waals surface area contributed by atoms with Crippen molar-refractivity contribution in [1.82, 2.24) is 20.2 Å². The van der Waals surface area contributed by atoms with Gasteiger partial charge in [0.15, 0.2) is 5.96 Å². The summed E-state index contributed by atoms with van der Waals surface area (Å²) in [5.74, 6) is 0.813. The molecule has 0 bridgehead atoms. The number of aromatic nitrogens is 2. The van der Waals surface area contributed by atoms with Crippen molar-refractivity contribution in [3.8, 4) is 5.69 Å². The van der Waals surface area contributed by atoms with E-state index in [1.165, 1.54) is 16.7 Å². The molecule has 3 rings (SSSR count). The number of guanidine groups is 1. The predicted octanol–water partition coefficient (Wildman–Crippen LogP) is 3.44. The van der Waals surface area contributed by atoms with Crippen molar-refractivity contribution in [2.45, 2.75) is 26.9 Å². The highest BCUT2D eigenvalue weighted by Crippen LogP contribution is 2.13. The molecule has 0 aliphatic carbocycles. The topological polar surface area (TPSA) is 54.2 Å². The van der Waals surface area contributed by atoms with Crippen molar-refractivity contribution in [3.05, 3.63) is 83.9 Å². The third kappa shape index (κ3) is 4.72. The first kappa shape index (κ1) is 17.7. The van der Waals surface area contributed by atoms with Gasteiger partial charge in [0, 0.05) is 25.5 Å². The molecule has 134 valence electrons. The van der Waals surface area contributed by atoms with Gasteiger partial charge in [-0.2, -0.15) is 0 Å². The van der Waals surface area contributed by atoms with Crippen molar-refractivity contribution in [2.75, 3.05) is 6.54 Å². The molecule has 0 spiro atoms. The quantitative estimate of drug-likeness (QED) is 0.530. The number of hydrogen-bond acceptors (Lipinski definition) is 2. The minimum absolute atomic E-state index is 0.652. The lowest BCUT2D eigenvalue weighted by molar-refractivity contribution is 0.810. The Morgan fingerprint density at radius 1 is 1.08 bits per heavy atom. The summed E-state index contributed by atoms with van der Waals surface area (Å²) in [7, 11) is 0. The number of nitrogens with zero attached hydrogens (tertiary/aromatic N) is 3. The van der Waals surface area contributed by atoms with Gasteiger partial charge in [0.2, 0.25) is 0 Å². The van der Waals surface area contributed by atoms with Gasteiger partial charge >= 0.3 is 0 Å². The summed E-state index contributed by atoms with van der Waals surface area (Å²) in [6, 6.07) is 16.8. The van der Waals surface area contributed by atoms with Crippen molar-refractivity contribution in [2.24, 2.45) is 4.99 Å². The maximum absolute atomic E-state index is 4.70. The van der Waals surface area contributed by atoms with Crippen LogP contribution in [-0.4, -0.2) is 22.1 Å². The van der Waals surface area contributed by atoms with Crippen LogP contribution in [0.3, 0.4) is 0 Å². The van der Waals surface area contributed by atoms with Crippen molar-refractivity contribution in [1.29, 1.82) is 0 Å². The summed E-state index contributed by atoms with van der Waals surface area (Å²) in [5.41, 5.74) is 4.77. The molecule has 26 heavy (non-hydrogen) atoms. The van der Waals surface area contributed by atoms with Crippen LogP contribution in [0.1, 0.15) is 23.6 Å². The highest BCUT2D eigenvalue weighted by atomic mass is 15.2. The second-order valence-corrected chi connectivity index (χ2v) is 6.13. The van der Waals surface area contributed by atoms with Crippen LogP contribution >= 0.6 is 0 Å². The van der Waals surface area contributed by atoms with Crippen LogP contribution in [0.15, 0.2) is 72.2 Å². The summed E-state index contributed by atoms with van der Waals surface area (Å²) in [6.45, 7) is 6.33. The largest absolute Gasteiger partial charge is 0.357 e. The molecular weight excluding hydrogens is 322 g/mol. The van der Waals surface area contributed by atoms with E-state index in [1.807, 2.05) is 29.2 Å². The molecule has 0 atom stereocenters. The molecule has 2 aromatic carbocycles. The van der Waals surface area contributed by atoms with E-state index in [4.69, 9.17) is 4.99 Å². The van der Waals surface area contributed by atoms with Gasteiger partial charge in [0.05, 0.1) is 18.6 Å². The zero-order valence-corrected chi connectivity index (χ0v) is 15.3. The number of rotatable bonds is 6. The van der Waals surface area contributed by atoms with Crippen LogP contribution in [0.25, 0.3) is 5.69 Å². The Bertz CT molecular complexity index is 835. The first-order chi connectivity index (χ1) is 12.8. The van der Waals surface area contributed by atoms with Gasteiger partial charge < -0.3 is 15.2 Å². The highest BCUT2D eigenvalue weighted by molar-refractivity contribution is 5.79. The summed E-state index contributed by atoms with van der Waals surface area (Å²) in [6.07, 6.45) is 5.56. The van der Waals surface area contributed by atoms with Crippen LogP contribution in [0.4, 0.5) is 0 Å². The fourth-order valence-electron chi connectivity index (χ4n) is 2.70. The standard InChI is InChI=1S/C21H25N5/c1-3-23-21(24-14-18-10-8-17(2)9-11-18)25-15-19-6-4-5-7-20(19)26-13-12-22-16-26/h4-13,16H,3,14-15H2,1-2H3,(H2,23,24,25). The zero-order chi connectivity index (χ0) is 18.2. The molecule has 0 saturated heterocycles. The van der Waals surface area contributed by atoms with Gasteiger partial charge in [0.1, 0.15) is 0 Å². The SMILES string of the molecule is CCNC(=NCc1ccc(C)cc1)NCc1ccccc1-n1ccnc1. The molecule has 3 aromatic rings. The van der Waals surface area contributed by atoms with E-state index in [9.17, 15) is 0 Å². The predicted molar refractivity (Wildman–Crippen MR) is 106 cm³/mol. The Morgan fingerprint density at radius 3 is 2.62 bits per heavy atom. The van der Waals surface area contributed by atoms with Crippen molar-refractivity contribution >= 4 is 5.96 Å². The minimum atomic E-state index is 0.652. The van der Waals surface area contributed by atoms with Crippen LogP contribution < -0.4 is 10.6 Å². The number of benzene rings is 2. The average Bonchev–Trinajstić information content (AvgIpc) is 3.20. The van der Waals surface area contributed by atoms with Crippen LogP contribution in [0.5, 0.6) is 0 Å². The molecule has 1 heterocycles. The molecule has 0 saturated carbocycles. The Balaban J connectivity index is 1.69. The first-order valence-corrected chi connectivity index (χ1v) is 8.90. The van der Waals surface area contributed by atoms with E-state index >= 15 is 0 Å². The zero-order valence-electron chi connectivity index (χ0n) is 15.3. The number of imidazole rings is 1. The van der Waals surface area contributed by atoms with Gasteiger partial charge in [-0.25, -0.2) is 9.98 Å². The Kier molecular flexibility index (Phi) is 6.04. The monoisotopic (exact) mass is 347 g/mol. The Morgan fingerprint density at radius 2 is 1.88 bits per heavy atom. The first-order valence-electron chi connectivity index (χ1n) is 8.90. The molecule has 1 aromatic heterocycles. The van der Waals surface area contributed by atoms with Crippen molar-refractivity contribution < 1.29 is 0 Å². The van der Waals surface area contributed by atoms with E-state index in [1.54, 1.807) is 6.20 Å². The fraction of sp³-hybridized carbons (Fsp3) is 0.238. The summed E-state index contributed by atoms with van der Waals surface area (Å²) in [4.78, 5) is 8.84. The minimum Gasteiger partial charge on any atom is -0.357 e. The molecule has 5 heteroatoms. The van der Waals surface area contributed by atoms with Gasteiger partial charge in [-0.3, -0.25) is 0 Å². The molecule has 5 nitrogen and oxygen atoms in total. The lowest BCUT2D eigenvalue weighted by Gasteiger charge is -2.14. The molecule has 0 aliphatic heterocycles. The molecule has 2 N–H and O–H groups in total. The molecule has 0 amide bonds. The number of para-hydroxylation sites is 1. The third-order valence-electron chi connectivity index (χ3n) is 4.11. The second kappa shape index (κ2) is 8.85. The lowest BCUT2D eigenvalue weighted by Crippen LogP contribution is -2.37. The summed E-state index contributed by atoms with van der Waals surface area (Å²) >= 11 is 0. The van der Waals surface area contributed by atoms with Crippen LogP contribution in [0, 0.1) is 6.92 Å². The normalized spacial score (nSPS) is 11.4. The molecule has 0 fully saturated rings. The van der Waals surface area contributed by atoms with Crippen LogP contribution in [0.2, 0.25) is 0 Å². The molecule has 0 unspecified atom stereocenters. The van der Waals surface area contributed by atoms with E-state index in [2.05, 4.69) is 65.9 Å². The molecular formula is C21H25N5. The number of aryl methyl sites for hydroxylation is 1. The van der Waals surface area contributed by atoms with E-state index < -0.39 is 0 Å². The number of nitrogens with one attached hydrogen (secondary N) is 2. The lowest BCUT2D eigenvalue weighted by atomic mass is 10.1. The number of hydrogen-bond donors (Lipinski definition) is 2. The third-order valence-corrected chi connectivity index (χ3v) is 4.11.